The average molecular weight is 298 g/mol. The van der Waals surface area contributed by atoms with Gasteiger partial charge in [-0.25, -0.2) is 0 Å². The van der Waals surface area contributed by atoms with Crippen molar-refractivity contribution in [3.8, 4) is 0 Å². The van der Waals surface area contributed by atoms with Crippen LogP contribution in [0.1, 0.15) is 37.3 Å². The largest absolute Gasteiger partial charge is 0.447 e. The molecule has 4 nitrogen and oxygen atoms in total. The lowest BCUT2D eigenvalue weighted by Crippen LogP contribution is -2.54. The number of fused-ring (bicyclic) bond motifs is 2. The zero-order valence-electron chi connectivity index (χ0n) is 13.3. The summed E-state index contributed by atoms with van der Waals surface area (Å²) in [4.78, 5) is 17.0. The minimum Gasteiger partial charge on any atom is -0.447 e. The highest BCUT2D eigenvalue weighted by Crippen LogP contribution is 2.47. The SMILES string of the molecule is CC(=O)OC1CC(C)C2c3cccc4[nH]cc(c34)CC2N1C. The van der Waals surface area contributed by atoms with Gasteiger partial charge in [-0.2, -0.15) is 0 Å². The first-order valence-electron chi connectivity index (χ1n) is 8.04. The molecule has 1 aromatic carbocycles. The number of hydrogen-bond donors (Lipinski definition) is 1. The number of nitrogens with one attached hydrogen (secondary N) is 1. The number of esters is 1. The van der Waals surface area contributed by atoms with E-state index in [1.807, 2.05) is 0 Å². The van der Waals surface area contributed by atoms with Crippen molar-refractivity contribution in [2.24, 2.45) is 5.92 Å². The molecule has 4 unspecified atom stereocenters. The van der Waals surface area contributed by atoms with Gasteiger partial charge >= 0.3 is 5.97 Å². The zero-order valence-corrected chi connectivity index (χ0v) is 13.3. The predicted octanol–water partition coefficient (Wildman–Crippen LogP) is 3.04. The third-order valence-corrected chi connectivity index (χ3v) is 5.49. The van der Waals surface area contributed by atoms with Crippen molar-refractivity contribution in [1.29, 1.82) is 0 Å². The highest BCUT2D eigenvalue weighted by atomic mass is 16.6. The van der Waals surface area contributed by atoms with Gasteiger partial charge < -0.3 is 9.72 Å². The van der Waals surface area contributed by atoms with E-state index in [1.165, 1.54) is 29.0 Å². The molecule has 0 bridgehead atoms. The molecule has 4 heteroatoms. The van der Waals surface area contributed by atoms with E-state index in [2.05, 4.69) is 48.3 Å². The summed E-state index contributed by atoms with van der Waals surface area (Å²) in [5, 5.41) is 1.41. The van der Waals surface area contributed by atoms with Crippen molar-refractivity contribution in [1.82, 2.24) is 9.88 Å². The van der Waals surface area contributed by atoms with E-state index >= 15 is 0 Å². The van der Waals surface area contributed by atoms with E-state index in [9.17, 15) is 4.79 Å². The van der Waals surface area contributed by atoms with Crippen LogP contribution in [0, 0.1) is 5.92 Å². The first-order valence-corrected chi connectivity index (χ1v) is 8.04. The van der Waals surface area contributed by atoms with Crippen molar-refractivity contribution in [3.05, 3.63) is 35.5 Å². The molecule has 1 aliphatic heterocycles. The molecule has 2 aromatic rings. The van der Waals surface area contributed by atoms with E-state index in [4.69, 9.17) is 4.74 Å². The van der Waals surface area contributed by atoms with Crippen LogP contribution in [0.5, 0.6) is 0 Å². The number of piperidine rings is 1. The van der Waals surface area contributed by atoms with Crippen molar-refractivity contribution in [3.63, 3.8) is 0 Å². The highest BCUT2D eigenvalue weighted by molar-refractivity contribution is 5.88. The standard InChI is InChI=1S/C18H22N2O2/c1-10-7-16(22-11(2)21)20(3)15-8-12-9-19-14-6-4-5-13(17(10)15)18(12)14/h4-6,9-10,15-17,19H,7-8H2,1-3H3. The Morgan fingerprint density at radius 1 is 1.41 bits per heavy atom. The quantitative estimate of drug-likeness (QED) is 0.823. The van der Waals surface area contributed by atoms with Crippen LogP contribution < -0.4 is 0 Å². The van der Waals surface area contributed by atoms with Crippen LogP contribution in [0.3, 0.4) is 0 Å². The average Bonchev–Trinajstić information content (AvgIpc) is 2.88. The van der Waals surface area contributed by atoms with E-state index in [0.29, 0.717) is 17.9 Å². The molecular weight excluding hydrogens is 276 g/mol. The molecule has 22 heavy (non-hydrogen) atoms. The van der Waals surface area contributed by atoms with Gasteiger partial charge in [0.1, 0.15) is 0 Å². The Bertz CT molecular complexity index is 736. The van der Waals surface area contributed by atoms with E-state index < -0.39 is 0 Å². The fraction of sp³-hybridized carbons (Fsp3) is 0.500. The summed E-state index contributed by atoms with van der Waals surface area (Å²) in [6.07, 6.45) is 3.94. The Balaban J connectivity index is 1.77. The molecule has 1 fully saturated rings. The van der Waals surface area contributed by atoms with Crippen LogP contribution in [0.4, 0.5) is 0 Å². The summed E-state index contributed by atoms with van der Waals surface area (Å²) in [5.41, 5.74) is 4.07. The number of benzene rings is 1. The van der Waals surface area contributed by atoms with Gasteiger partial charge in [-0.05, 0) is 36.6 Å². The lowest BCUT2D eigenvalue weighted by molar-refractivity contribution is -0.165. The number of H-pyrrole nitrogens is 1. The van der Waals surface area contributed by atoms with Gasteiger partial charge in [0.05, 0.1) is 0 Å². The number of likely N-dealkylation sites (N-methyl/N-ethyl adjacent to an activating group) is 1. The molecule has 0 saturated carbocycles. The van der Waals surface area contributed by atoms with Crippen molar-refractivity contribution >= 4 is 16.9 Å². The van der Waals surface area contributed by atoms with Crippen LogP contribution in [-0.4, -0.2) is 35.2 Å². The third kappa shape index (κ3) is 1.90. The molecule has 1 aromatic heterocycles. The summed E-state index contributed by atoms with van der Waals surface area (Å²) in [6.45, 7) is 3.79. The Labute approximate surface area is 130 Å². The first-order chi connectivity index (χ1) is 10.6. The normalized spacial score (nSPS) is 31.0. The highest BCUT2D eigenvalue weighted by Gasteiger charge is 2.44. The van der Waals surface area contributed by atoms with Crippen LogP contribution in [0.25, 0.3) is 10.9 Å². The second kappa shape index (κ2) is 4.85. The Morgan fingerprint density at radius 2 is 2.23 bits per heavy atom. The minimum atomic E-state index is -0.192. The fourth-order valence-corrected chi connectivity index (χ4v) is 4.53. The molecule has 0 amide bonds. The van der Waals surface area contributed by atoms with Gasteiger partial charge in [-0.3, -0.25) is 9.69 Å². The topological polar surface area (TPSA) is 45.3 Å². The van der Waals surface area contributed by atoms with Gasteiger partial charge in [-0.1, -0.05) is 19.1 Å². The van der Waals surface area contributed by atoms with Gasteiger partial charge in [0.15, 0.2) is 6.23 Å². The second-order valence-electron chi connectivity index (χ2n) is 6.82. The Morgan fingerprint density at radius 3 is 3.00 bits per heavy atom. The first kappa shape index (κ1) is 13.8. The van der Waals surface area contributed by atoms with Crippen molar-refractivity contribution < 1.29 is 9.53 Å². The lowest BCUT2D eigenvalue weighted by Gasteiger charge is -2.49. The number of carbonyl (C=O) groups excluding carboxylic acids is 1. The number of aromatic amines is 1. The summed E-state index contributed by atoms with van der Waals surface area (Å²) in [5.74, 6) is 0.811. The summed E-state index contributed by atoms with van der Waals surface area (Å²) < 4.78 is 5.54. The van der Waals surface area contributed by atoms with E-state index in [1.54, 1.807) is 0 Å². The van der Waals surface area contributed by atoms with Gasteiger partial charge in [0.25, 0.3) is 0 Å². The predicted molar refractivity (Wildman–Crippen MR) is 85.6 cm³/mol. The second-order valence-corrected chi connectivity index (χ2v) is 6.82. The maximum Gasteiger partial charge on any atom is 0.304 e. The van der Waals surface area contributed by atoms with E-state index in [0.717, 1.165) is 12.8 Å². The van der Waals surface area contributed by atoms with Crippen molar-refractivity contribution in [2.75, 3.05) is 7.05 Å². The third-order valence-electron chi connectivity index (χ3n) is 5.49. The Hall–Kier alpha value is -1.81. The van der Waals surface area contributed by atoms with Gasteiger partial charge in [0.2, 0.25) is 0 Å². The smallest absolute Gasteiger partial charge is 0.304 e. The van der Waals surface area contributed by atoms with Crippen LogP contribution in [0.2, 0.25) is 0 Å². The number of hydrogen-bond acceptors (Lipinski definition) is 3. The Kier molecular flexibility index (Phi) is 3.05. The molecule has 0 spiro atoms. The van der Waals surface area contributed by atoms with Gasteiger partial charge in [0, 0.05) is 42.4 Å². The number of aromatic nitrogens is 1. The molecule has 1 aliphatic carbocycles. The molecule has 2 aliphatic rings. The summed E-state index contributed by atoms with van der Waals surface area (Å²) >= 11 is 0. The molecule has 2 heterocycles. The van der Waals surface area contributed by atoms with Crippen LogP contribution >= 0.6 is 0 Å². The fourth-order valence-electron chi connectivity index (χ4n) is 4.53. The summed E-state index contributed by atoms with van der Waals surface area (Å²) in [7, 11) is 2.09. The zero-order chi connectivity index (χ0) is 15.4. The molecule has 116 valence electrons. The van der Waals surface area contributed by atoms with Crippen LogP contribution in [-0.2, 0) is 16.0 Å². The summed E-state index contributed by atoms with van der Waals surface area (Å²) in [6, 6.07) is 6.96. The molecule has 1 saturated heterocycles. The van der Waals surface area contributed by atoms with Crippen LogP contribution in [0.15, 0.2) is 24.4 Å². The monoisotopic (exact) mass is 298 g/mol. The number of carbonyl (C=O) groups is 1. The number of ether oxygens (including phenoxy) is 1. The number of likely N-dealkylation sites (tertiary alicyclic amines) is 1. The molecule has 4 atom stereocenters. The molecule has 0 radical (unpaired) electrons. The molecule has 4 rings (SSSR count). The molecular formula is C18H22N2O2. The van der Waals surface area contributed by atoms with E-state index in [-0.39, 0.29) is 12.2 Å². The maximum absolute atomic E-state index is 11.4. The van der Waals surface area contributed by atoms with Gasteiger partial charge in [-0.15, -0.1) is 0 Å². The van der Waals surface area contributed by atoms with Crippen molar-refractivity contribution in [2.45, 2.75) is 44.9 Å². The lowest BCUT2D eigenvalue weighted by atomic mass is 9.70. The number of rotatable bonds is 1. The number of nitrogens with zero attached hydrogens (tertiary/aromatic N) is 1. The minimum absolute atomic E-state index is 0.103. The molecule has 1 N–H and O–H groups in total. The maximum atomic E-state index is 11.4.